The lowest BCUT2D eigenvalue weighted by Gasteiger charge is -2.08. The van der Waals surface area contributed by atoms with Crippen LogP contribution in [0.5, 0.6) is 0 Å². The fraction of sp³-hybridized carbons (Fsp3) is 0.417. The quantitative estimate of drug-likeness (QED) is 0.777. The van der Waals surface area contributed by atoms with E-state index < -0.39 is 0 Å². The maximum Gasteiger partial charge on any atom is 0.238 e. The second-order valence-corrected chi connectivity index (χ2v) is 4.12. The zero-order valence-corrected chi connectivity index (χ0v) is 10.4. The normalized spacial score (nSPS) is 10.2. The van der Waals surface area contributed by atoms with Crippen LogP contribution < -0.4 is 10.6 Å². The van der Waals surface area contributed by atoms with Crippen molar-refractivity contribution in [3.8, 4) is 0 Å². The van der Waals surface area contributed by atoms with Crippen LogP contribution in [0.1, 0.15) is 18.9 Å². The number of hydrogen-bond donors (Lipinski definition) is 2. The molecule has 0 unspecified atom stereocenters. The van der Waals surface area contributed by atoms with Gasteiger partial charge in [0.15, 0.2) is 0 Å². The number of carbonyl (C=O) groups is 1. The highest BCUT2D eigenvalue weighted by Crippen LogP contribution is 2.22. The first kappa shape index (κ1) is 13.0. The van der Waals surface area contributed by atoms with Gasteiger partial charge in [-0.05, 0) is 37.6 Å². The molecule has 3 nitrogen and oxygen atoms in total. The number of carbonyl (C=O) groups excluding carboxylic acids is 1. The molecule has 4 heteroatoms. The topological polar surface area (TPSA) is 41.1 Å². The highest BCUT2D eigenvalue weighted by Gasteiger charge is 2.04. The summed E-state index contributed by atoms with van der Waals surface area (Å²) in [4.78, 5) is 11.5. The standard InChI is InChI=1S/C12H17ClN2O/c1-3-6-14-8-12(16)15-11-5-4-9(2)7-10(11)13/h4-5,7,14H,3,6,8H2,1-2H3,(H,15,16). The molecule has 0 saturated carbocycles. The minimum Gasteiger partial charge on any atom is -0.324 e. The minimum atomic E-state index is -0.0702. The van der Waals surface area contributed by atoms with Crippen molar-refractivity contribution in [2.24, 2.45) is 0 Å². The summed E-state index contributed by atoms with van der Waals surface area (Å²) in [5.74, 6) is -0.0702. The van der Waals surface area contributed by atoms with Crippen LogP contribution in [0.2, 0.25) is 5.02 Å². The molecule has 1 aromatic carbocycles. The van der Waals surface area contributed by atoms with Crippen LogP contribution in [0.4, 0.5) is 5.69 Å². The number of benzene rings is 1. The first-order valence-electron chi connectivity index (χ1n) is 5.40. The summed E-state index contributed by atoms with van der Waals surface area (Å²) in [5, 5.41) is 6.37. The first-order valence-corrected chi connectivity index (χ1v) is 5.78. The van der Waals surface area contributed by atoms with E-state index in [-0.39, 0.29) is 5.91 Å². The Bertz CT molecular complexity index is 366. The van der Waals surface area contributed by atoms with Crippen molar-refractivity contribution >= 4 is 23.2 Å². The monoisotopic (exact) mass is 240 g/mol. The average Bonchev–Trinajstić information content (AvgIpc) is 2.23. The third-order valence-electron chi connectivity index (χ3n) is 2.11. The fourth-order valence-corrected chi connectivity index (χ4v) is 1.58. The minimum absolute atomic E-state index is 0.0702. The molecule has 1 aromatic rings. The molecular formula is C12H17ClN2O. The molecule has 0 heterocycles. The number of nitrogens with one attached hydrogen (secondary N) is 2. The fourth-order valence-electron chi connectivity index (χ4n) is 1.29. The molecule has 0 radical (unpaired) electrons. The molecule has 1 amide bonds. The lowest BCUT2D eigenvalue weighted by Crippen LogP contribution is -2.28. The molecule has 0 spiro atoms. The van der Waals surface area contributed by atoms with Crippen molar-refractivity contribution < 1.29 is 4.79 Å². The Balaban J connectivity index is 2.49. The van der Waals surface area contributed by atoms with Gasteiger partial charge in [-0.15, -0.1) is 0 Å². The predicted molar refractivity (Wildman–Crippen MR) is 68.0 cm³/mol. The predicted octanol–water partition coefficient (Wildman–Crippen LogP) is 2.59. The van der Waals surface area contributed by atoms with E-state index in [4.69, 9.17) is 11.6 Å². The maximum absolute atomic E-state index is 11.5. The van der Waals surface area contributed by atoms with E-state index in [0.29, 0.717) is 17.3 Å². The molecule has 1 rings (SSSR count). The smallest absolute Gasteiger partial charge is 0.238 e. The van der Waals surface area contributed by atoms with Gasteiger partial charge < -0.3 is 10.6 Å². The Kier molecular flexibility index (Phi) is 5.29. The summed E-state index contributed by atoms with van der Waals surface area (Å²) in [6.07, 6.45) is 1.01. The summed E-state index contributed by atoms with van der Waals surface area (Å²) in [7, 11) is 0. The van der Waals surface area contributed by atoms with E-state index in [1.165, 1.54) is 0 Å². The van der Waals surface area contributed by atoms with Crippen LogP contribution in [-0.4, -0.2) is 19.0 Å². The van der Waals surface area contributed by atoms with E-state index in [1.807, 2.05) is 25.1 Å². The van der Waals surface area contributed by atoms with E-state index in [1.54, 1.807) is 0 Å². The highest BCUT2D eigenvalue weighted by molar-refractivity contribution is 6.33. The van der Waals surface area contributed by atoms with Crippen LogP contribution in [0.25, 0.3) is 0 Å². The summed E-state index contributed by atoms with van der Waals surface area (Å²) in [6.45, 7) is 5.18. The van der Waals surface area contributed by atoms with E-state index in [2.05, 4.69) is 17.6 Å². The molecule has 0 saturated heterocycles. The Hall–Kier alpha value is -1.06. The lowest BCUT2D eigenvalue weighted by atomic mass is 10.2. The highest BCUT2D eigenvalue weighted by atomic mass is 35.5. The van der Waals surface area contributed by atoms with Crippen molar-refractivity contribution in [3.05, 3.63) is 28.8 Å². The van der Waals surface area contributed by atoms with Crippen molar-refractivity contribution in [1.29, 1.82) is 0 Å². The van der Waals surface area contributed by atoms with Gasteiger partial charge in [0.2, 0.25) is 5.91 Å². The maximum atomic E-state index is 11.5. The van der Waals surface area contributed by atoms with Gasteiger partial charge in [0.25, 0.3) is 0 Å². The molecule has 2 N–H and O–H groups in total. The van der Waals surface area contributed by atoms with E-state index in [0.717, 1.165) is 18.5 Å². The number of amides is 1. The molecule has 0 aliphatic carbocycles. The number of aryl methyl sites for hydroxylation is 1. The number of rotatable bonds is 5. The van der Waals surface area contributed by atoms with Gasteiger partial charge in [-0.2, -0.15) is 0 Å². The number of hydrogen-bond acceptors (Lipinski definition) is 2. The molecule has 0 aliphatic rings. The molecule has 0 fully saturated rings. The second-order valence-electron chi connectivity index (χ2n) is 3.71. The average molecular weight is 241 g/mol. The van der Waals surface area contributed by atoms with Gasteiger partial charge in [-0.1, -0.05) is 24.6 Å². The third-order valence-corrected chi connectivity index (χ3v) is 2.42. The van der Waals surface area contributed by atoms with Gasteiger partial charge in [-0.25, -0.2) is 0 Å². The number of halogens is 1. The molecule has 0 atom stereocenters. The Labute approximate surface area is 101 Å². The largest absolute Gasteiger partial charge is 0.324 e. The van der Waals surface area contributed by atoms with Gasteiger partial charge in [0, 0.05) is 0 Å². The number of anilines is 1. The zero-order valence-electron chi connectivity index (χ0n) is 9.64. The summed E-state index contributed by atoms with van der Waals surface area (Å²) in [5.41, 5.74) is 1.74. The van der Waals surface area contributed by atoms with Crippen LogP contribution in [0, 0.1) is 6.92 Å². The molecule has 88 valence electrons. The SMILES string of the molecule is CCCNCC(=O)Nc1ccc(C)cc1Cl. The Morgan fingerprint density at radius 3 is 2.81 bits per heavy atom. The molecule has 0 bridgehead atoms. The van der Waals surface area contributed by atoms with Gasteiger partial charge in [0.05, 0.1) is 17.3 Å². The van der Waals surface area contributed by atoms with Crippen LogP contribution in [0.15, 0.2) is 18.2 Å². The molecule has 0 aromatic heterocycles. The summed E-state index contributed by atoms with van der Waals surface area (Å²) < 4.78 is 0. The summed E-state index contributed by atoms with van der Waals surface area (Å²) in [6, 6.07) is 5.56. The van der Waals surface area contributed by atoms with Crippen LogP contribution in [-0.2, 0) is 4.79 Å². The van der Waals surface area contributed by atoms with Crippen molar-refractivity contribution in [3.63, 3.8) is 0 Å². The van der Waals surface area contributed by atoms with E-state index in [9.17, 15) is 4.79 Å². The van der Waals surface area contributed by atoms with Crippen LogP contribution >= 0.6 is 11.6 Å². The zero-order chi connectivity index (χ0) is 12.0. The molecular weight excluding hydrogens is 224 g/mol. The lowest BCUT2D eigenvalue weighted by molar-refractivity contribution is -0.115. The second kappa shape index (κ2) is 6.51. The van der Waals surface area contributed by atoms with Crippen LogP contribution in [0.3, 0.4) is 0 Å². The van der Waals surface area contributed by atoms with Crippen molar-refractivity contribution in [2.75, 3.05) is 18.4 Å². The first-order chi connectivity index (χ1) is 7.63. The molecule has 0 aliphatic heterocycles. The van der Waals surface area contributed by atoms with Gasteiger partial charge >= 0.3 is 0 Å². The van der Waals surface area contributed by atoms with Gasteiger partial charge in [-0.3, -0.25) is 4.79 Å². The molecule has 16 heavy (non-hydrogen) atoms. The summed E-state index contributed by atoms with van der Waals surface area (Å²) >= 11 is 6.00. The van der Waals surface area contributed by atoms with Gasteiger partial charge in [0.1, 0.15) is 0 Å². The third kappa shape index (κ3) is 4.21. The van der Waals surface area contributed by atoms with E-state index >= 15 is 0 Å². The Morgan fingerprint density at radius 1 is 1.44 bits per heavy atom. The van der Waals surface area contributed by atoms with Crippen molar-refractivity contribution in [1.82, 2.24) is 5.32 Å². The Morgan fingerprint density at radius 2 is 2.19 bits per heavy atom. The van der Waals surface area contributed by atoms with Crippen molar-refractivity contribution in [2.45, 2.75) is 20.3 Å².